The highest BCUT2D eigenvalue weighted by molar-refractivity contribution is 7.80. The third-order valence-corrected chi connectivity index (χ3v) is 1.66. The van der Waals surface area contributed by atoms with Gasteiger partial charge in [-0.15, -0.1) is 0 Å². The van der Waals surface area contributed by atoms with Gasteiger partial charge in [-0.05, 0) is 32.5 Å². The summed E-state index contributed by atoms with van der Waals surface area (Å²) in [5.74, 6) is 0. The molecule has 3 nitrogen and oxygen atoms in total. The molecule has 0 atom stereocenters. The Morgan fingerprint density at radius 3 is 2.46 bits per heavy atom. The molecular formula is C9H20N2OS. The van der Waals surface area contributed by atoms with E-state index in [9.17, 15) is 0 Å². The third-order valence-electron chi connectivity index (χ3n) is 1.37. The largest absolute Gasteiger partial charge is 0.377 e. The highest BCUT2D eigenvalue weighted by Crippen LogP contribution is 1.84. The van der Waals surface area contributed by atoms with Gasteiger partial charge in [0, 0.05) is 13.1 Å². The van der Waals surface area contributed by atoms with Crippen LogP contribution in [-0.4, -0.2) is 30.9 Å². The van der Waals surface area contributed by atoms with Crippen molar-refractivity contribution in [2.45, 2.75) is 33.3 Å². The van der Waals surface area contributed by atoms with Crippen molar-refractivity contribution in [1.82, 2.24) is 10.6 Å². The summed E-state index contributed by atoms with van der Waals surface area (Å²) in [5.41, 5.74) is 0. The van der Waals surface area contributed by atoms with Gasteiger partial charge in [-0.25, -0.2) is 0 Å². The molecule has 0 amide bonds. The van der Waals surface area contributed by atoms with Gasteiger partial charge in [0.1, 0.15) is 0 Å². The summed E-state index contributed by atoms with van der Waals surface area (Å²) in [5, 5.41) is 6.87. The molecule has 0 aromatic heterocycles. The van der Waals surface area contributed by atoms with Gasteiger partial charge >= 0.3 is 0 Å². The summed E-state index contributed by atoms with van der Waals surface area (Å²) in [6.07, 6.45) is 1.38. The average Bonchev–Trinajstić information content (AvgIpc) is 2.08. The zero-order valence-corrected chi connectivity index (χ0v) is 9.54. The van der Waals surface area contributed by atoms with Crippen LogP contribution >= 0.6 is 12.2 Å². The van der Waals surface area contributed by atoms with E-state index in [0.717, 1.165) is 19.5 Å². The minimum atomic E-state index is 0.291. The van der Waals surface area contributed by atoms with E-state index in [2.05, 4.69) is 17.6 Å². The summed E-state index contributed by atoms with van der Waals surface area (Å²) in [7, 11) is 0. The Balaban J connectivity index is 3.17. The molecule has 78 valence electrons. The predicted molar refractivity (Wildman–Crippen MR) is 60.0 cm³/mol. The Labute approximate surface area is 86.2 Å². The molecule has 0 unspecified atom stereocenters. The third kappa shape index (κ3) is 9.56. The van der Waals surface area contributed by atoms with Crippen molar-refractivity contribution in [2.24, 2.45) is 0 Å². The van der Waals surface area contributed by atoms with E-state index < -0.39 is 0 Å². The van der Waals surface area contributed by atoms with Crippen LogP contribution in [0, 0.1) is 0 Å². The number of hydrogen-bond donors (Lipinski definition) is 2. The molecule has 0 aliphatic heterocycles. The summed E-state index contributed by atoms with van der Waals surface area (Å²) in [6, 6.07) is 0. The van der Waals surface area contributed by atoms with E-state index in [-0.39, 0.29) is 0 Å². The molecular weight excluding hydrogens is 184 g/mol. The average molecular weight is 204 g/mol. The second-order valence-electron chi connectivity index (χ2n) is 3.10. The van der Waals surface area contributed by atoms with Crippen LogP contribution < -0.4 is 10.6 Å². The maximum absolute atomic E-state index is 5.35. The van der Waals surface area contributed by atoms with Crippen LogP contribution in [-0.2, 0) is 4.74 Å². The monoisotopic (exact) mass is 204 g/mol. The van der Waals surface area contributed by atoms with Crippen LogP contribution in [0.5, 0.6) is 0 Å². The highest BCUT2D eigenvalue weighted by atomic mass is 32.1. The summed E-state index contributed by atoms with van der Waals surface area (Å²) in [4.78, 5) is 0. The van der Waals surface area contributed by atoms with Crippen LogP contribution in [0.1, 0.15) is 27.2 Å². The smallest absolute Gasteiger partial charge is 0.166 e. The first-order valence-corrected chi connectivity index (χ1v) is 5.21. The summed E-state index contributed by atoms with van der Waals surface area (Å²) >= 11 is 5.02. The van der Waals surface area contributed by atoms with Crippen molar-refractivity contribution in [1.29, 1.82) is 0 Å². The Hall–Kier alpha value is -0.350. The van der Waals surface area contributed by atoms with Crippen molar-refractivity contribution in [3.63, 3.8) is 0 Å². The van der Waals surface area contributed by atoms with Gasteiger partial charge in [-0.1, -0.05) is 6.92 Å². The second kappa shape index (κ2) is 8.26. The van der Waals surface area contributed by atoms with E-state index in [4.69, 9.17) is 17.0 Å². The van der Waals surface area contributed by atoms with Crippen LogP contribution in [0.4, 0.5) is 0 Å². The molecule has 0 saturated heterocycles. The van der Waals surface area contributed by atoms with Gasteiger partial charge in [-0.3, -0.25) is 0 Å². The molecule has 4 heteroatoms. The number of nitrogens with one attached hydrogen (secondary N) is 2. The van der Waals surface area contributed by atoms with E-state index in [1.807, 2.05) is 13.8 Å². The molecule has 0 rings (SSSR count). The van der Waals surface area contributed by atoms with Gasteiger partial charge < -0.3 is 15.4 Å². The molecule has 0 fully saturated rings. The molecule has 13 heavy (non-hydrogen) atoms. The van der Waals surface area contributed by atoms with E-state index in [1.54, 1.807) is 0 Å². The molecule has 0 aromatic rings. The minimum absolute atomic E-state index is 0.291. The molecule has 0 aliphatic carbocycles. The maximum atomic E-state index is 5.35. The van der Waals surface area contributed by atoms with Crippen molar-refractivity contribution < 1.29 is 4.74 Å². The van der Waals surface area contributed by atoms with Gasteiger partial charge in [0.05, 0.1) is 12.7 Å². The molecule has 2 N–H and O–H groups in total. The molecule has 0 bridgehead atoms. The standard InChI is InChI=1S/C9H20N2OS/c1-4-5-10-9(13)11-6-7-12-8(2)3/h8H,4-7H2,1-3H3,(H2,10,11,13). The molecule has 0 radical (unpaired) electrons. The van der Waals surface area contributed by atoms with Crippen LogP contribution in [0.2, 0.25) is 0 Å². The van der Waals surface area contributed by atoms with Crippen molar-refractivity contribution in [3.8, 4) is 0 Å². The van der Waals surface area contributed by atoms with E-state index in [1.165, 1.54) is 0 Å². The normalized spacial score (nSPS) is 10.2. The van der Waals surface area contributed by atoms with Crippen LogP contribution in [0.25, 0.3) is 0 Å². The minimum Gasteiger partial charge on any atom is -0.377 e. The first kappa shape index (κ1) is 12.7. The summed E-state index contributed by atoms with van der Waals surface area (Å²) in [6.45, 7) is 8.55. The lowest BCUT2D eigenvalue weighted by molar-refractivity contribution is 0.0830. The van der Waals surface area contributed by atoms with Crippen molar-refractivity contribution >= 4 is 17.3 Å². The molecule has 0 heterocycles. The predicted octanol–water partition coefficient (Wildman–Crippen LogP) is 1.29. The first-order chi connectivity index (χ1) is 6.16. The lowest BCUT2D eigenvalue weighted by atomic mass is 10.5. The van der Waals surface area contributed by atoms with Gasteiger partial charge in [-0.2, -0.15) is 0 Å². The fourth-order valence-electron chi connectivity index (χ4n) is 0.760. The fraction of sp³-hybridized carbons (Fsp3) is 0.889. The quantitative estimate of drug-likeness (QED) is 0.504. The Morgan fingerprint density at radius 1 is 1.31 bits per heavy atom. The number of thiocarbonyl (C=S) groups is 1. The topological polar surface area (TPSA) is 33.3 Å². The van der Waals surface area contributed by atoms with Crippen molar-refractivity contribution in [2.75, 3.05) is 19.7 Å². The number of rotatable bonds is 6. The van der Waals surface area contributed by atoms with E-state index >= 15 is 0 Å². The van der Waals surface area contributed by atoms with Gasteiger partial charge in [0.15, 0.2) is 5.11 Å². The van der Waals surface area contributed by atoms with Crippen molar-refractivity contribution in [3.05, 3.63) is 0 Å². The maximum Gasteiger partial charge on any atom is 0.166 e. The molecule has 0 aromatic carbocycles. The Kier molecular flexibility index (Phi) is 8.04. The molecule has 0 aliphatic rings. The Morgan fingerprint density at radius 2 is 1.92 bits per heavy atom. The first-order valence-electron chi connectivity index (χ1n) is 4.80. The van der Waals surface area contributed by atoms with E-state index in [0.29, 0.717) is 17.8 Å². The Bertz CT molecular complexity index is 140. The van der Waals surface area contributed by atoms with Gasteiger partial charge in [0.2, 0.25) is 0 Å². The lowest BCUT2D eigenvalue weighted by Gasteiger charge is -2.11. The zero-order valence-electron chi connectivity index (χ0n) is 8.72. The zero-order chi connectivity index (χ0) is 10.1. The number of hydrogen-bond acceptors (Lipinski definition) is 2. The molecule has 0 spiro atoms. The van der Waals surface area contributed by atoms with Crippen LogP contribution in [0.15, 0.2) is 0 Å². The lowest BCUT2D eigenvalue weighted by Crippen LogP contribution is -2.37. The van der Waals surface area contributed by atoms with Crippen LogP contribution in [0.3, 0.4) is 0 Å². The highest BCUT2D eigenvalue weighted by Gasteiger charge is 1.94. The molecule has 0 saturated carbocycles. The number of ether oxygens (including phenoxy) is 1. The fourth-order valence-corrected chi connectivity index (χ4v) is 0.964. The SMILES string of the molecule is CCCNC(=S)NCCOC(C)C. The van der Waals surface area contributed by atoms with Gasteiger partial charge in [0.25, 0.3) is 0 Å². The summed E-state index contributed by atoms with van der Waals surface area (Å²) < 4.78 is 5.35. The second-order valence-corrected chi connectivity index (χ2v) is 3.51.